The van der Waals surface area contributed by atoms with E-state index < -0.39 is 10.0 Å². The lowest BCUT2D eigenvalue weighted by Crippen LogP contribution is -2.31. The molecule has 3 aromatic rings. The molecule has 146 valence electrons. The van der Waals surface area contributed by atoms with Gasteiger partial charge in [-0.15, -0.1) is 0 Å². The van der Waals surface area contributed by atoms with Gasteiger partial charge in [-0.2, -0.15) is 9.29 Å². The van der Waals surface area contributed by atoms with Crippen LogP contribution in [0.15, 0.2) is 59.8 Å². The molecule has 1 atom stereocenters. The summed E-state index contributed by atoms with van der Waals surface area (Å²) in [5.41, 5.74) is 0. The zero-order chi connectivity index (χ0) is 19.7. The Morgan fingerprint density at radius 2 is 1.89 bits per heavy atom. The van der Waals surface area contributed by atoms with Crippen molar-refractivity contribution in [1.29, 1.82) is 0 Å². The van der Waals surface area contributed by atoms with Crippen molar-refractivity contribution in [3.05, 3.63) is 54.9 Å². The molecular formula is C20H22N4O3S. The van der Waals surface area contributed by atoms with E-state index in [-0.39, 0.29) is 6.10 Å². The molecule has 1 saturated heterocycles. The summed E-state index contributed by atoms with van der Waals surface area (Å²) in [7, 11) is 0.151. The van der Waals surface area contributed by atoms with Crippen LogP contribution >= 0.6 is 0 Å². The van der Waals surface area contributed by atoms with Crippen molar-refractivity contribution in [3.8, 4) is 5.88 Å². The van der Waals surface area contributed by atoms with Crippen LogP contribution in [-0.2, 0) is 10.0 Å². The smallest absolute Gasteiger partial charge is 0.243 e. The van der Waals surface area contributed by atoms with Crippen molar-refractivity contribution >= 4 is 26.6 Å². The first-order valence-electron chi connectivity index (χ1n) is 9.09. The first-order valence-corrected chi connectivity index (χ1v) is 10.5. The van der Waals surface area contributed by atoms with Crippen LogP contribution in [0.5, 0.6) is 5.88 Å². The first-order chi connectivity index (χ1) is 13.4. The second-order valence-corrected chi connectivity index (χ2v) is 8.89. The van der Waals surface area contributed by atoms with Crippen LogP contribution in [0.25, 0.3) is 10.8 Å². The van der Waals surface area contributed by atoms with Gasteiger partial charge < -0.3 is 9.64 Å². The summed E-state index contributed by atoms with van der Waals surface area (Å²) in [4.78, 5) is 10.7. The fraction of sp³-hybridized carbons (Fsp3) is 0.300. The predicted molar refractivity (Wildman–Crippen MR) is 108 cm³/mol. The molecule has 1 unspecified atom stereocenters. The predicted octanol–water partition coefficient (Wildman–Crippen LogP) is 2.54. The largest absolute Gasteiger partial charge is 0.472 e. The van der Waals surface area contributed by atoms with E-state index in [1.54, 1.807) is 24.5 Å². The number of benzene rings is 2. The summed E-state index contributed by atoms with van der Waals surface area (Å²) in [6, 6.07) is 12.9. The standard InChI is InChI=1S/C20H22N4O3S/c1-23(2)19-12-21-13-20(22-19)27-16-10-11-24(14-16)28(25,26)18-9-5-7-15-6-3-4-8-17(15)18/h3-9,12-13,16H,10-11,14H2,1-2H3. The van der Waals surface area contributed by atoms with Crippen molar-refractivity contribution in [2.75, 3.05) is 32.1 Å². The summed E-state index contributed by atoms with van der Waals surface area (Å²) in [6.07, 6.45) is 3.56. The van der Waals surface area contributed by atoms with Crippen LogP contribution in [0.1, 0.15) is 6.42 Å². The monoisotopic (exact) mass is 398 g/mol. The third kappa shape index (κ3) is 3.53. The van der Waals surface area contributed by atoms with Gasteiger partial charge in [0.05, 0.1) is 23.8 Å². The number of aromatic nitrogens is 2. The van der Waals surface area contributed by atoms with Gasteiger partial charge >= 0.3 is 0 Å². The first kappa shape index (κ1) is 18.6. The van der Waals surface area contributed by atoms with Gasteiger partial charge in [0.25, 0.3) is 0 Å². The van der Waals surface area contributed by atoms with Crippen LogP contribution < -0.4 is 9.64 Å². The third-order valence-electron chi connectivity index (χ3n) is 4.82. The molecular weight excluding hydrogens is 376 g/mol. The SMILES string of the molecule is CN(C)c1cncc(OC2CCN(S(=O)(=O)c3cccc4ccccc34)C2)n1. The Morgan fingerprint density at radius 3 is 2.71 bits per heavy atom. The molecule has 0 spiro atoms. The Morgan fingerprint density at radius 1 is 1.11 bits per heavy atom. The zero-order valence-electron chi connectivity index (χ0n) is 15.8. The molecule has 0 bridgehead atoms. The van der Waals surface area contributed by atoms with E-state index in [2.05, 4.69) is 9.97 Å². The highest BCUT2D eigenvalue weighted by Crippen LogP contribution is 2.28. The van der Waals surface area contributed by atoms with Gasteiger partial charge in [0, 0.05) is 26.0 Å². The van der Waals surface area contributed by atoms with Gasteiger partial charge in [-0.05, 0) is 17.9 Å². The van der Waals surface area contributed by atoms with Crippen molar-refractivity contribution in [2.24, 2.45) is 0 Å². The van der Waals surface area contributed by atoms with Gasteiger partial charge in [0.15, 0.2) is 5.82 Å². The van der Waals surface area contributed by atoms with Gasteiger partial charge in [-0.1, -0.05) is 36.4 Å². The number of hydrogen-bond acceptors (Lipinski definition) is 6. The topological polar surface area (TPSA) is 75.6 Å². The second-order valence-electron chi connectivity index (χ2n) is 6.98. The Bertz CT molecular complexity index is 1100. The molecule has 0 aliphatic carbocycles. The number of fused-ring (bicyclic) bond motifs is 1. The lowest BCUT2D eigenvalue weighted by Gasteiger charge is -2.18. The second kappa shape index (κ2) is 7.37. The molecule has 0 amide bonds. The number of anilines is 1. The van der Waals surface area contributed by atoms with E-state index in [0.29, 0.717) is 36.1 Å². The van der Waals surface area contributed by atoms with Gasteiger partial charge in [0.1, 0.15) is 6.10 Å². The fourth-order valence-electron chi connectivity index (χ4n) is 3.35. The van der Waals surface area contributed by atoms with E-state index in [1.807, 2.05) is 49.3 Å². The zero-order valence-corrected chi connectivity index (χ0v) is 16.6. The number of ether oxygens (including phenoxy) is 1. The quantitative estimate of drug-likeness (QED) is 0.657. The Balaban J connectivity index is 1.54. The summed E-state index contributed by atoms with van der Waals surface area (Å²) >= 11 is 0. The summed E-state index contributed by atoms with van der Waals surface area (Å²) in [5.74, 6) is 1.09. The van der Waals surface area contributed by atoms with E-state index in [0.717, 1.165) is 10.8 Å². The molecule has 7 nitrogen and oxygen atoms in total. The van der Waals surface area contributed by atoms with Crippen molar-refractivity contribution < 1.29 is 13.2 Å². The highest BCUT2D eigenvalue weighted by Gasteiger charge is 2.34. The van der Waals surface area contributed by atoms with Crippen molar-refractivity contribution in [1.82, 2.24) is 14.3 Å². The van der Waals surface area contributed by atoms with Crippen molar-refractivity contribution in [2.45, 2.75) is 17.4 Å². The van der Waals surface area contributed by atoms with Crippen LogP contribution in [0.2, 0.25) is 0 Å². The molecule has 2 heterocycles. The maximum absolute atomic E-state index is 13.2. The molecule has 1 aromatic heterocycles. The van der Waals surface area contributed by atoms with Gasteiger partial charge in [0.2, 0.25) is 15.9 Å². The fourth-order valence-corrected chi connectivity index (χ4v) is 5.05. The van der Waals surface area contributed by atoms with Crippen LogP contribution in [0, 0.1) is 0 Å². The van der Waals surface area contributed by atoms with Crippen LogP contribution in [0.3, 0.4) is 0 Å². The highest BCUT2D eigenvalue weighted by molar-refractivity contribution is 7.89. The maximum Gasteiger partial charge on any atom is 0.243 e. The Labute approximate surface area is 164 Å². The summed E-state index contributed by atoms with van der Waals surface area (Å²) in [6.45, 7) is 0.705. The average Bonchev–Trinajstić information content (AvgIpc) is 3.17. The van der Waals surface area contributed by atoms with E-state index in [9.17, 15) is 8.42 Å². The van der Waals surface area contributed by atoms with Crippen LogP contribution in [0.4, 0.5) is 5.82 Å². The van der Waals surface area contributed by atoms with Crippen molar-refractivity contribution in [3.63, 3.8) is 0 Å². The van der Waals surface area contributed by atoms with Crippen LogP contribution in [-0.4, -0.2) is 56.0 Å². The molecule has 0 radical (unpaired) electrons. The summed E-state index contributed by atoms with van der Waals surface area (Å²) in [5, 5.41) is 1.64. The third-order valence-corrected chi connectivity index (χ3v) is 6.74. The molecule has 2 aromatic carbocycles. The average molecular weight is 398 g/mol. The number of nitrogens with zero attached hydrogens (tertiary/aromatic N) is 4. The molecule has 0 saturated carbocycles. The van der Waals surface area contributed by atoms with Gasteiger partial charge in [-0.25, -0.2) is 8.42 Å². The maximum atomic E-state index is 13.2. The normalized spacial score (nSPS) is 17.7. The molecule has 28 heavy (non-hydrogen) atoms. The van der Waals surface area contributed by atoms with E-state index in [1.165, 1.54) is 4.31 Å². The highest BCUT2D eigenvalue weighted by atomic mass is 32.2. The Hall–Kier alpha value is -2.71. The minimum absolute atomic E-state index is 0.253. The van der Waals surface area contributed by atoms with Gasteiger partial charge in [-0.3, -0.25) is 4.98 Å². The molecule has 0 N–H and O–H groups in total. The molecule has 8 heteroatoms. The molecule has 4 rings (SSSR count). The minimum atomic E-state index is -3.60. The minimum Gasteiger partial charge on any atom is -0.472 e. The Kier molecular flexibility index (Phi) is 4.91. The summed E-state index contributed by atoms with van der Waals surface area (Å²) < 4.78 is 33.8. The van der Waals surface area contributed by atoms with E-state index >= 15 is 0 Å². The molecule has 1 aliphatic rings. The number of sulfonamides is 1. The van der Waals surface area contributed by atoms with E-state index in [4.69, 9.17) is 4.74 Å². The number of hydrogen-bond donors (Lipinski definition) is 0. The molecule has 1 fully saturated rings. The number of rotatable bonds is 5. The molecule has 1 aliphatic heterocycles. The lowest BCUT2D eigenvalue weighted by molar-refractivity contribution is 0.206. The lowest BCUT2D eigenvalue weighted by atomic mass is 10.1.